The van der Waals surface area contributed by atoms with Crippen molar-refractivity contribution in [2.45, 2.75) is 46.1 Å². The van der Waals surface area contributed by atoms with Gasteiger partial charge in [-0.15, -0.1) is 0 Å². The van der Waals surface area contributed by atoms with Crippen LogP contribution >= 0.6 is 0 Å². The summed E-state index contributed by atoms with van der Waals surface area (Å²) in [6, 6.07) is 0. The van der Waals surface area contributed by atoms with E-state index in [1.54, 1.807) is 13.8 Å². The van der Waals surface area contributed by atoms with Gasteiger partial charge >= 0.3 is 0 Å². The topological polar surface area (TPSA) is 52.0 Å². The van der Waals surface area contributed by atoms with E-state index in [1.165, 1.54) is 0 Å². The van der Waals surface area contributed by atoms with Crippen LogP contribution in [0.15, 0.2) is 11.1 Å². The van der Waals surface area contributed by atoms with Gasteiger partial charge < -0.3 is 4.57 Å². The highest BCUT2D eigenvalue weighted by molar-refractivity contribution is 6.25. The van der Waals surface area contributed by atoms with Crippen molar-refractivity contribution in [1.29, 1.82) is 0 Å². The Morgan fingerprint density at radius 2 is 1.72 bits per heavy atom. The summed E-state index contributed by atoms with van der Waals surface area (Å²) in [7, 11) is 0. The third-order valence-corrected chi connectivity index (χ3v) is 4.00. The highest BCUT2D eigenvalue weighted by atomic mass is 16.1. The number of nitrogens with zero attached hydrogens (tertiary/aromatic N) is 2. The fourth-order valence-corrected chi connectivity index (χ4v) is 2.75. The summed E-state index contributed by atoms with van der Waals surface area (Å²) in [4.78, 5) is 29.0. The first kappa shape index (κ1) is 11.4. The van der Waals surface area contributed by atoms with Gasteiger partial charge in [0.05, 0.1) is 0 Å². The Bertz CT molecular complexity index is 593. The summed E-state index contributed by atoms with van der Waals surface area (Å²) in [5.74, 6) is 0.798. The smallest absolute Gasteiger partial charge is 0.209 e. The Balaban J connectivity index is 2.22. The monoisotopic (exact) mass is 244 g/mol. The standard InChI is InChI=1S/C14H16N2O2/c1-8-9(2)14(18)12-11(13(8)17)15-10-6-4-3-5-7-16(10)12/h3-7H2,1-2H3. The van der Waals surface area contributed by atoms with Crippen molar-refractivity contribution in [1.82, 2.24) is 9.55 Å². The van der Waals surface area contributed by atoms with E-state index in [0.717, 1.165) is 38.1 Å². The van der Waals surface area contributed by atoms with Gasteiger partial charge in [-0.1, -0.05) is 6.42 Å². The molecular formula is C14H16N2O2. The maximum Gasteiger partial charge on any atom is 0.209 e. The predicted octanol–water partition coefficient (Wildman–Crippen LogP) is 2.32. The normalized spacial score (nSPS) is 19.7. The number of hydrogen-bond acceptors (Lipinski definition) is 3. The number of rotatable bonds is 0. The Morgan fingerprint density at radius 3 is 2.50 bits per heavy atom. The fourth-order valence-electron chi connectivity index (χ4n) is 2.75. The van der Waals surface area contributed by atoms with Crippen LogP contribution in [0, 0.1) is 0 Å². The van der Waals surface area contributed by atoms with Gasteiger partial charge in [0.2, 0.25) is 11.6 Å². The number of Topliss-reactive ketones (excluding diaryl/α,β-unsaturated/α-hetero) is 2. The van der Waals surface area contributed by atoms with Crippen molar-refractivity contribution in [2.24, 2.45) is 0 Å². The lowest BCUT2D eigenvalue weighted by atomic mass is 9.92. The van der Waals surface area contributed by atoms with Gasteiger partial charge in [0, 0.05) is 24.1 Å². The van der Waals surface area contributed by atoms with Gasteiger partial charge in [-0.25, -0.2) is 4.98 Å². The van der Waals surface area contributed by atoms with Gasteiger partial charge in [-0.3, -0.25) is 9.59 Å². The van der Waals surface area contributed by atoms with Gasteiger partial charge in [0.1, 0.15) is 17.2 Å². The molecule has 94 valence electrons. The molecular weight excluding hydrogens is 228 g/mol. The average molecular weight is 244 g/mol. The molecule has 4 heteroatoms. The predicted molar refractivity (Wildman–Crippen MR) is 66.8 cm³/mol. The van der Waals surface area contributed by atoms with Crippen molar-refractivity contribution >= 4 is 11.6 Å². The lowest BCUT2D eigenvalue weighted by Gasteiger charge is -2.15. The van der Waals surface area contributed by atoms with Gasteiger partial charge in [0.15, 0.2) is 0 Å². The van der Waals surface area contributed by atoms with Crippen LogP contribution in [0.25, 0.3) is 0 Å². The fraction of sp³-hybridized carbons (Fsp3) is 0.500. The highest BCUT2D eigenvalue weighted by Gasteiger charge is 2.34. The number of allylic oxidation sites excluding steroid dienone is 2. The summed E-state index contributed by atoms with van der Waals surface area (Å²) in [6.07, 6.45) is 4.17. The van der Waals surface area contributed by atoms with Crippen LogP contribution in [-0.2, 0) is 13.0 Å². The third kappa shape index (κ3) is 1.41. The van der Waals surface area contributed by atoms with Gasteiger partial charge in [-0.05, 0) is 26.7 Å². The zero-order valence-electron chi connectivity index (χ0n) is 10.7. The summed E-state index contributed by atoms with van der Waals surface area (Å²) >= 11 is 0. The number of aromatic nitrogens is 2. The van der Waals surface area contributed by atoms with E-state index >= 15 is 0 Å². The molecule has 0 spiro atoms. The van der Waals surface area contributed by atoms with E-state index < -0.39 is 0 Å². The second-order valence-corrected chi connectivity index (χ2v) is 5.10. The van der Waals surface area contributed by atoms with Crippen LogP contribution in [0.4, 0.5) is 0 Å². The van der Waals surface area contributed by atoms with Crippen molar-refractivity contribution in [3.05, 3.63) is 28.4 Å². The maximum absolute atomic E-state index is 12.3. The van der Waals surface area contributed by atoms with Crippen molar-refractivity contribution in [3.63, 3.8) is 0 Å². The molecule has 4 nitrogen and oxygen atoms in total. The van der Waals surface area contributed by atoms with E-state index in [0.29, 0.717) is 22.5 Å². The third-order valence-electron chi connectivity index (χ3n) is 4.00. The van der Waals surface area contributed by atoms with Crippen molar-refractivity contribution in [2.75, 3.05) is 0 Å². The molecule has 0 radical (unpaired) electrons. The zero-order chi connectivity index (χ0) is 12.9. The van der Waals surface area contributed by atoms with Gasteiger partial charge in [-0.2, -0.15) is 0 Å². The lowest BCUT2D eigenvalue weighted by molar-refractivity contribution is 0.0966. The molecule has 1 aliphatic carbocycles. The molecule has 0 aromatic carbocycles. The first-order valence-electron chi connectivity index (χ1n) is 6.47. The van der Waals surface area contributed by atoms with E-state index in [9.17, 15) is 9.59 Å². The molecule has 0 saturated heterocycles. The van der Waals surface area contributed by atoms with Crippen LogP contribution in [0.3, 0.4) is 0 Å². The Morgan fingerprint density at radius 1 is 1.00 bits per heavy atom. The molecule has 0 bridgehead atoms. The number of carbonyl (C=O) groups is 2. The molecule has 1 aromatic rings. The summed E-state index contributed by atoms with van der Waals surface area (Å²) < 4.78 is 1.97. The summed E-state index contributed by atoms with van der Waals surface area (Å²) in [6.45, 7) is 4.25. The van der Waals surface area contributed by atoms with Crippen molar-refractivity contribution < 1.29 is 9.59 Å². The molecule has 0 amide bonds. The van der Waals surface area contributed by atoms with E-state index in [4.69, 9.17) is 0 Å². The van der Waals surface area contributed by atoms with Gasteiger partial charge in [0.25, 0.3) is 0 Å². The molecule has 1 aliphatic heterocycles. The minimum Gasteiger partial charge on any atom is -0.325 e. The van der Waals surface area contributed by atoms with Crippen LogP contribution < -0.4 is 0 Å². The van der Waals surface area contributed by atoms with Crippen LogP contribution in [0.2, 0.25) is 0 Å². The number of carbonyl (C=O) groups excluding carboxylic acids is 2. The lowest BCUT2D eigenvalue weighted by Crippen LogP contribution is -2.22. The molecule has 0 fully saturated rings. The first-order chi connectivity index (χ1) is 8.61. The molecule has 1 aromatic heterocycles. The Kier molecular flexibility index (Phi) is 2.47. The molecule has 18 heavy (non-hydrogen) atoms. The quantitative estimate of drug-likeness (QED) is 0.703. The largest absolute Gasteiger partial charge is 0.325 e. The van der Waals surface area contributed by atoms with E-state index in [1.807, 2.05) is 4.57 Å². The average Bonchev–Trinajstić information content (AvgIpc) is 2.57. The second kappa shape index (κ2) is 3.90. The molecule has 0 N–H and O–H groups in total. The summed E-state index contributed by atoms with van der Waals surface area (Å²) in [5, 5.41) is 0. The van der Waals surface area contributed by atoms with Crippen molar-refractivity contribution in [3.8, 4) is 0 Å². The molecule has 2 heterocycles. The number of ketones is 2. The number of fused-ring (bicyclic) bond motifs is 3. The number of aryl methyl sites for hydroxylation is 1. The minimum absolute atomic E-state index is 0.0252. The van der Waals surface area contributed by atoms with E-state index in [-0.39, 0.29) is 11.6 Å². The minimum atomic E-state index is -0.0809. The number of hydrogen-bond donors (Lipinski definition) is 0. The van der Waals surface area contributed by atoms with E-state index in [2.05, 4.69) is 4.98 Å². The molecule has 3 rings (SSSR count). The molecule has 0 unspecified atom stereocenters. The van der Waals surface area contributed by atoms with Crippen LogP contribution in [0.5, 0.6) is 0 Å². The van der Waals surface area contributed by atoms with Crippen LogP contribution in [0.1, 0.15) is 59.9 Å². The van der Waals surface area contributed by atoms with Crippen LogP contribution in [-0.4, -0.2) is 21.1 Å². The zero-order valence-corrected chi connectivity index (χ0v) is 10.7. The SMILES string of the molecule is CC1=C(C)C(=O)c2c(nc3n2CCCCC3)C1=O. The summed E-state index contributed by atoms with van der Waals surface area (Å²) in [5.41, 5.74) is 2.01. The Hall–Kier alpha value is -1.71. The number of imidazole rings is 1. The second-order valence-electron chi connectivity index (χ2n) is 5.10. The molecule has 0 saturated carbocycles. The molecule has 2 aliphatic rings. The Labute approximate surface area is 106 Å². The first-order valence-corrected chi connectivity index (χ1v) is 6.47. The maximum atomic E-state index is 12.3. The highest BCUT2D eigenvalue weighted by Crippen LogP contribution is 2.28. The molecule has 0 atom stereocenters.